The molecule has 1 aliphatic heterocycles. The number of benzene rings is 1. The minimum Gasteiger partial charge on any atom is -0.379 e. The van der Waals surface area contributed by atoms with Gasteiger partial charge in [0.05, 0.1) is 29.0 Å². The van der Waals surface area contributed by atoms with Gasteiger partial charge in [-0.25, -0.2) is 14.1 Å². The van der Waals surface area contributed by atoms with Gasteiger partial charge in [0.15, 0.2) is 0 Å². The van der Waals surface area contributed by atoms with Crippen molar-refractivity contribution in [1.82, 2.24) is 24.9 Å². The Kier molecular flexibility index (Phi) is 5.39. The summed E-state index contributed by atoms with van der Waals surface area (Å²) in [6, 6.07) is 6.64. The fourth-order valence-electron chi connectivity index (χ4n) is 5.08. The second-order valence-electron chi connectivity index (χ2n) is 8.48. The van der Waals surface area contributed by atoms with Crippen LogP contribution in [0, 0.1) is 24.6 Å². The average molecular weight is 428 g/mol. The van der Waals surface area contributed by atoms with E-state index < -0.39 is 0 Å². The zero-order valence-corrected chi connectivity index (χ0v) is 18.1. The number of rotatable bonds is 5. The second kappa shape index (κ2) is 8.17. The topological polar surface area (TPSA) is 56.1 Å². The molecule has 0 amide bonds. The Morgan fingerprint density at radius 2 is 2.07 bits per heavy atom. The van der Waals surface area contributed by atoms with E-state index in [0.29, 0.717) is 17.5 Å². The van der Waals surface area contributed by atoms with E-state index in [1.807, 2.05) is 16.9 Å². The van der Waals surface area contributed by atoms with E-state index in [-0.39, 0.29) is 18.0 Å². The number of nitrogens with zero attached hydrogens (tertiary/aromatic N) is 5. The van der Waals surface area contributed by atoms with E-state index in [4.69, 9.17) is 4.74 Å². The number of likely N-dealkylation sites (tertiary alicyclic amines) is 1. The summed E-state index contributed by atoms with van der Waals surface area (Å²) in [5.74, 6) is 0.985. The fourth-order valence-corrected chi connectivity index (χ4v) is 5.68. The highest BCUT2D eigenvalue weighted by atomic mass is 32.1. The maximum atomic E-state index is 13.6. The first-order valence-electron chi connectivity index (χ1n) is 10.4. The minimum atomic E-state index is -0.265. The van der Waals surface area contributed by atoms with Gasteiger partial charge in [0.25, 0.3) is 0 Å². The van der Waals surface area contributed by atoms with E-state index in [0.717, 1.165) is 43.0 Å². The van der Waals surface area contributed by atoms with E-state index in [1.54, 1.807) is 24.5 Å². The third-order valence-corrected chi connectivity index (χ3v) is 7.31. The molecule has 6 nitrogen and oxygen atoms in total. The zero-order valence-electron chi connectivity index (χ0n) is 17.2. The van der Waals surface area contributed by atoms with Crippen LogP contribution in [-0.2, 0) is 11.3 Å². The quantitative estimate of drug-likeness (QED) is 0.617. The normalized spacial score (nSPS) is 26.8. The predicted molar refractivity (Wildman–Crippen MR) is 114 cm³/mol. The summed E-state index contributed by atoms with van der Waals surface area (Å²) in [4.78, 5) is 7.15. The van der Waals surface area contributed by atoms with Gasteiger partial charge in [0.2, 0.25) is 0 Å². The molecule has 1 aliphatic carbocycles. The van der Waals surface area contributed by atoms with Gasteiger partial charge in [0.1, 0.15) is 11.5 Å². The minimum absolute atomic E-state index is 0.106. The summed E-state index contributed by atoms with van der Waals surface area (Å²) in [5.41, 5.74) is 2.61. The van der Waals surface area contributed by atoms with Crippen molar-refractivity contribution in [3.8, 4) is 11.3 Å². The molecule has 5 rings (SSSR count). The molecule has 3 heterocycles. The maximum Gasteiger partial charge on any atom is 0.123 e. The molecule has 8 heteroatoms. The molecular weight excluding hydrogens is 401 g/mol. The SMILES string of the molecule is CO[C@@H]1C[C@H]2CN(Cc3csc(C)n3)C[C@H]2C[C@H]1n1cc(-c2cccc(F)c2)nn1. The number of halogens is 1. The number of fused-ring (bicyclic) bond motifs is 1. The van der Waals surface area contributed by atoms with E-state index >= 15 is 0 Å². The molecule has 3 aromatic rings. The van der Waals surface area contributed by atoms with Gasteiger partial charge in [-0.2, -0.15) is 0 Å². The van der Waals surface area contributed by atoms with Crippen LogP contribution in [0.5, 0.6) is 0 Å². The summed E-state index contributed by atoms with van der Waals surface area (Å²) in [6.45, 7) is 5.16. The largest absolute Gasteiger partial charge is 0.379 e. The van der Waals surface area contributed by atoms with Crippen LogP contribution in [-0.4, -0.2) is 51.2 Å². The molecule has 0 bridgehead atoms. The Balaban J connectivity index is 1.31. The summed E-state index contributed by atoms with van der Waals surface area (Å²) < 4.78 is 21.4. The molecule has 0 radical (unpaired) electrons. The lowest BCUT2D eigenvalue weighted by atomic mass is 9.77. The summed E-state index contributed by atoms with van der Waals surface area (Å²) in [5, 5.41) is 12.0. The number of hydrogen-bond donors (Lipinski definition) is 0. The lowest BCUT2D eigenvalue weighted by molar-refractivity contribution is -0.00545. The van der Waals surface area contributed by atoms with Crippen molar-refractivity contribution < 1.29 is 9.13 Å². The van der Waals surface area contributed by atoms with Crippen molar-refractivity contribution in [2.75, 3.05) is 20.2 Å². The Hall–Kier alpha value is -2.16. The van der Waals surface area contributed by atoms with E-state index in [9.17, 15) is 4.39 Å². The Morgan fingerprint density at radius 1 is 1.23 bits per heavy atom. The van der Waals surface area contributed by atoms with Crippen molar-refractivity contribution in [1.29, 1.82) is 0 Å². The molecule has 2 aliphatic rings. The number of aromatic nitrogens is 4. The molecule has 4 atom stereocenters. The lowest BCUT2D eigenvalue weighted by Crippen LogP contribution is -2.37. The summed E-state index contributed by atoms with van der Waals surface area (Å²) in [7, 11) is 1.78. The van der Waals surface area contributed by atoms with Crippen LogP contribution in [0.4, 0.5) is 4.39 Å². The highest BCUT2D eigenvalue weighted by Crippen LogP contribution is 2.42. The predicted octanol–water partition coefficient (Wildman–Crippen LogP) is 3.95. The molecule has 2 aromatic heterocycles. The van der Waals surface area contributed by atoms with Crippen molar-refractivity contribution in [3.63, 3.8) is 0 Å². The van der Waals surface area contributed by atoms with Crippen molar-refractivity contribution in [2.45, 2.75) is 38.5 Å². The van der Waals surface area contributed by atoms with Crippen molar-refractivity contribution in [3.05, 3.63) is 52.4 Å². The third-order valence-electron chi connectivity index (χ3n) is 6.49. The number of aryl methyl sites for hydroxylation is 1. The molecule has 0 spiro atoms. The first kappa shape index (κ1) is 19.8. The monoisotopic (exact) mass is 427 g/mol. The van der Waals surface area contributed by atoms with Gasteiger partial charge in [0, 0.05) is 37.7 Å². The summed E-state index contributed by atoms with van der Waals surface area (Å²) >= 11 is 1.72. The molecule has 0 N–H and O–H groups in total. The van der Waals surface area contributed by atoms with Gasteiger partial charge in [-0.15, -0.1) is 16.4 Å². The van der Waals surface area contributed by atoms with Crippen LogP contribution in [0.2, 0.25) is 0 Å². The average Bonchev–Trinajstić information content (AvgIpc) is 3.46. The molecule has 1 saturated heterocycles. The molecule has 0 unspecified atom stereocenters. The van der Waals surface area contributed by atoms with Crippen LogP contribution in [0.1, 0.15) is 29.6 Å². The van der Waals surface area contributed by atoms with E-state index in [2.05, 4.69) is 32.5 Å². The molecule has 30 heavy (non-hydrogen) atoms. The Bertz CT molecular complexity index is 1020. The third kappa shape index (κ3) is 3.91. The van der Waals surface area contributed by atoms with Gasteiger partial charge in [-0.1, -0.05) is 17.3 Å². The van der Waals surface area contributed by atoms with Gasteiger partial charge in [-0.3, -0.25) is 4.90 Å². The number of ether oxygens (including phenoxy) is 1. The smallest absolute Gasteiger partial charge is 0.123 e. The highest BCUT2D eigenvalue weighted by Gasteiger charge is 2.43. The van der Waals surface area contributed by atoms with Crippen LogP contribution < -0.4 is 0 Å². The maximum absolute atomic E-state index is 13.6. The second-order valence-corrected chi connectivity index (χ2v) is 9.54. The van der Waals surface area contributed by atoms with Crippen LogP contribution in [0.25, 0.3) is 11.3 Å². The zero-order chi connectivity index (χ0) is 20.7. The van der Waals surface area contributed by atoms with Crippen molar-refractivity contribution in [2.24, 2.45) is 11.8 Å². The van der Waals surface area contributed by atoms with Gasteiger partial charge in [-0.05, 0) is 43.7 Å². The fraction of sp³-hybridized carbons (Fsp3) is 0.500. The first-order chi connectivity index (χ1) is 14.6. The first-order valence-corrected chi connectivity index (χ1v) is 11.3. The Morgan fingerprint density at radius 3 is 2.80 bits per heavy atom. The summed E-state index contributed by atoms with van der Waals surface area (Å²) in [6.07, 6.45) is 4.07. The lowest BCUT2D eigenvalue weighted by Gasteiger charge is -2.37. The molecule has 158 valence electrons. The number of thiazole rings is 1. The van der Waals surface area contributed by atoms with Gasteiger partial charge >= 0.3 is 0 Å². The van der Waals surface area contributed by atoms with Crippen LogP contribution >= 0.6 is 11.3 Å². The molecule has 1 saturated carbocycles. The van der Waals surface area contributed by atoms with Crippen LogP contribution in [0.3, 0.4) is 0 Å². The van der Waals surface area contributed by atoms with E-state index in [1.165, 1.54) is 17.8 Å². The standard InChI is InChI=1S/C22H26FN5OS/c1-14-24-19(13-30-14)11-27-9-16-7-21(22(29-2)8-17(16)10-27)28-12-20(25-26-28)15-4-3-5-18(23)6-15/h3-6,12-13,16-17,21-22H,7-11H2,1-2H3/t16-,17+,21-,22-/m1/s1. The number of hydrogen-bond acceptors (Lipinski definition) is 6. The number of methoxy groups -OCH3 is 1. The molecule has 2 fully saturated rings. The van der Waals surface area contributed by atoms with Gasteiger partial charge < -0.3 is 4.74 Å². The Labute approximate surface area is 179 Å². The van der Waals surface area contributed by atoms with Crippen LogP contribution in [0.15, 0.2) is 35.8 Å². The highest BCUT2D eigenvalue weighted by molar-refractivity contribution is 7.09. The molecular formula is C22H26FN5OS. The van der Waals surface area contributed by atoms with Crippen molar-refractivity contribution >= 4 is 11.3 Å². The molecule has 1 aromatic carbocycles.